The predicted octanol–water partition coefficient (Wildman–Crippen LogP) is 3.13. The van der Waals surface area contributed by atoms with Crippen molar-refractivity contribution in [2.75, 3.05) is 13.2 Å². The molecular formula is C16H21NO2. The van der Waals surface area contributed by atoms with Gasteiger partial charge >= 0.3 is 0 Å². The molecule has 2 fully saturated rings. The summed E-state index contributed by atoms with van der Waals surface area (Å²) in [6, 6.07) is 7.83. The zero-order valence-electron chi connectivity index (χ0n) is 11.5. The Morgan fingerprint density at radius 3 is 2.68 bits per heavy atom. The number of amides is 1. The summed E-state index contributed by atoms with van der Waals surface area (Å²) in [4.78, 5) is 14.8. The van der Waals surface area contributed by atoms with Gasteiger partial charge in [-0.05, 0) is 44.2 Å². The van der Waals surface area contributed by atoms with Gasteiger partial charge in [0, 0.05) is 12.1 Å². The van der Waals surface area contributed by atoms with Gasteiger partial charge in [0.2, 0.25) is 0 Å². The highest BCUT2D eigenvalue weighted by Gasteiger charge is 2.45. The van der Waals surface area contributed by atoms with Gasteiger partial charge in [0.15, 0.2) is 0 Å². The molecule has 3 rings (SSSR count). The van der Waals surface area contributed by atoms with Gasteiger partial charge in [-0.2, -0.15) is 0 Å². The lowest BCUT2D eigenvalue weighted by molar-refractivity contribution is -0.0919. The smallest absolute Gasteiger partial charge is 0.256 e. The summed E-state index contributed by atoms with van der Waals surface area (Å²) in [6.07, 6.45) is 5.57. The molecule has 0 bridgehead atoms. The molecule has 1 aromatic rings. The molecule has 1 saturated heterocycles. The lowest BCUT2D eigenvalue weighted by atomic mass is 9.90. The monoisotopic (exact) mass is 259 g/mol. The van der Waals surface area contributed by atoms with E-state index in [1.807, 2.05) is 36.1 Å². The third-order valence-electron chi connectivity index (χ3n) is 4.43. The number of carbonyl (C=O) groups excluding carboxylic acids is 1. The molecule has 19 heavy (non-hydrogen) atoms. The Hall–Kier alpha value is -1.35. The standard InChI is InChI=1S/C16H21NO2/c1-13-7-3-4-8-14(13)15(18)17-11-12-19-16(17)9-5-2-6-10-16/h3-4,7-8H,2,5-6,9-12H2,1H3. The van der Waals surface area contributed by atoms with Crippen molar-refractivity contribution in [2.45, 2.75) is 44.8 Å². The van der Waals surface area contributed by atoms with E-state index in [4.69, 9.17) is 4.74 Å². The van der Waals surface area contributed by atoms with E-state index in [0.29, 0.717) is 6.61 Å². The molecule has 1 spiro atoms. The van der Waals surface area contributed by atoms with E-state index in [-0.39, 0.29) is 11.6 Å². The normalized spacial score (nSPS) is 21.8. The number of rotatable bonds is 1. The third kappa shape index (κ3) is 2.16. The Bertz CT molecular complexity index is 477. The highest BCUT2D eigenvalue weighted by molar-refractivity contribution is 5.96. The molecule has 0 N–H and O–H groups in total. The van der Waals surface area contributed by atoms with Gasteiger partial charge in [-0.3, -0.25) is 4.79 Å². The van der Waals surface area contributed by atoms with Crippen LogP contribution in [-0.4, -0.2) is 29.7 Å². The van der Waals surface area contributed by atoms with E-state index in [1.54, 1.807) is 0 Å². The van der Waals surface area contributed by atoms with Crippen LogP contribution in [0.3, 0.4) is 0 Å². The maximum absolute atomic E-state index is 12.8. The first kappa shape index (κ1) is 12.7. The fourth-order valence-electron chi connectivity index (χ4n) is 3.37. The largest absolute Gasteiger partial charge is 0.354 e. The van der Waals surface area contributed by atoms with Crippen LogP contribution in [0.5, 0.6) is 0 Å². The van der Waals surface area contributed by atoms with Crippen molar-refractivity contribution in [3.63, 3.8) is 0 Å². The van der Waals surface area contributed by atoms with Gasteiger partial charge < -0.3 is 9.64 Å². The third-order valence-corrected chi connectivity index (χ3v) is 4.43. The van der Waals surface area contributed by atoms with Gasteiger partial charge in [-0.25, -0.2) is 0 Å². The van der Waals surface area contributed by atoms with E-state index in [2.05, 4.69) is 0 Å². The quantitative estimate of drug-likeness (QED) is 0.775. The van der Waals surface area contributed by atoms with E-state index in [0.717, 1.165) is 43.4 Å². The first-order chi connectivity index (χ1) is 9.23. The fourth-order valence-corrected chi connectivity index (χ4v) is 3.37. The number of aryl methyl sites for hydroxylation is 1. The molecular weight excluding hydrogens is 238 g/mol. The van der Waals surface area contributed by atoms with Crippen LogP contribution in [0.1, 0.15) is 48.0 Å². The van der Waals surface area contributed by atoms with Crippen LogP contribution in [0.4, 0.5) is 0 Å². The minimum absolute atomic E-state index is 0.137. The fraction of sp³-hybridized carbons (Fsp3) is 0.562. The van der Waals surface area contributed by atoms with Gasteiger partial charge in [0.1, 0.15) is 5.72 Å². The number of ether oxygens (including phenoxy) is 1. The number of benzene rings is 1. The highest BCUT2D eigenvalue weighted by atomic mass is 16.5. The zero-order valence-corrected chi connectivity index (χ0v) is 11.5. The number of carbonyl (C=O) groups is 1. The molecule has 1 aliphatic carbocycles. The average Bonchev–Trinajstić information content (AvgIpc) is 2.82. The molecule has 1 amide bonds. The predicted molar refractivity (Wildman–Crippen MR) is 74.0 cm³/mol. The molecule has 0 atom stereocenters. The molecule has 0 radical (unpaired) electrons. The summed E-state index contributed by atoms with van der Waals surface area (Å²) in [5.41, 5.74) is 1.56. The molecule has 0 unspecified atom stereocenters. The van der Waals surface area contributed by atoms with Crippen LogP contribution in [-0.2, 0) is 4.74 Å². The molecule has 3 nitrogen and oxygen atoms in total. The first-order valence-corrected chi connectivity index (χ1v) is 7.24. The van der Waals surface area contributed by atoms with Crippen LogP contribution < -0.4 is 0 Å². The van der Waals surface area contributed by atoms with E-state index in [1.165, 1.54) is 6.42 Å². The molecule has 2 aliphatic rings. The molecule has 1 heterocycles. The summed E-state index contributed by atoms with van der Waals surface area (Å²) in [5, 5.41) is 0. The van der Waals surface area contributed by atoms with Crippen molar-refractivity contribution < 1.29 is 9.53 Å². The second kappa shape index (κ2) is 4.97. The van der Waals surface area contributed by atoms with Gasteiger partial charge in [0.25, 0.3) is 5.91 Å². The molecule has 1 aliphatic heterocycles. The summed E-state index contributed by atoms with van der Waals surface area (Å²) in [6.45, 7) is 3.41. The zero-order chi connectivity index (χ0) is 13.3. The van der Waals surface area contributed by atoms with Crippen molar-refractivity contribution in [3.8, 4) is 0 Å². The van der Waals surface area contributed by atoms with Crippen LogP contribution >= 0.6 is 0 Å². The van der Waals surface area contributed by atoms with Crippen molar-refractivity contribution in [3.05, 3.63) is 35.4 Å². The van der Waals surface area contributed by atoms with Gasteiger partial charge in [0.05, 0.1) is 6.61 Å². The molecule has 102 valence electrons. The maximum atomic E-state index is 12.8. The first-order valence-electron chi connectivity index (χ1n) is 7.24. The summed E-state index contributed by atoms with van der Waals surface area (Å²) < 4.78 is 5.98. The Morgan fingerprint density at radius 2 is 1.95 bits per heavy atom. The summed E-state index contributed by atoms with van der Waals surface area (Å²) in [5.74, 6) is 0.137. The van der Waals surface area contributed by atoms with Crippen LogP contribution in [0.15, 0.2) is 24.3 Å². The highest BCUT2D eigenvalue weighted by Crippen LogP contribution is 2.38. The van der Waals surface area contributed by atoms with Gasteiger partial charge in [-0.15, -0.1) is 0 Å². The summed E-state index contributed by atoms with van der Waals surface area (Å²) in [7, 11) is 0. The second-order valence-corrected chi connectivity index (χ2v) is 5.63. The molecule has 0 aromatic heterocycles. The number of nitrogens with zero attached hydrogens (tertiary/aromatic N) is 1. The summed E-state index contributed by atoms with van der Waals surface area (Å²) >= 11 is 0. The molecule has 3 heteroatoms. The number of hydrogen-bond acceptors (Lipinski definition) is 2. The van der Waals surface area contributed by atoms with Crippen LogP contribution in [0, 0.1) is 6.92 Å². The van der Waals surface area contributed by atoms with Crippen molar-refractivity contribution in [2.24, 2.45) is 0 Å². The minimum atomic E-state index is -0.308. The maximum Gasteiger partial charge on any atom is 0.256 e. The average molecular weight is 259 g/mol. The minimum Gasteiger partial charge on any atom is -0.354 e. The van der Waals surface area contributed by atoms with Crippen LogP contribution in [0.25, 0.3) is 0 Å². The molecule has 1 aromatic carbocycles. The second-order valence-electron chi connectivity index (χ2n) is 5.63. The Balaban J connectivity index is 1.88. The van der Waals surface area contributed by atoms with Crippen molar-refractivity contribution in [1.82, 2.24) is 4.90 Å². The van der Waals surface area contributed by atoms with Crippen molar-refractivity contribution >= 4 is 5.91 Å². The van der Waals surface area contributed by atoms with Crippen molar-refractivity contribution in [1.29, 1.82) is 0 Å². The Morgan fingerprint density at radius 1 is 1.21 bits per heavy atom. The molecule has 1 saturated carbocycles. The number of hydrogen-bond donors (Lipinski definition) is 0. The Kier molecular flexibility index (Phi) is 3.31. The Labute approximate surface area is 114 Å². The SMILES string of the molecule is Cc1ccccc1C(=O)N1CCOC12CCCCC2. The van der Waals surface area contributed by atoms with Gasteiger partial charge in [-0.1, -0.05) is 24.6 Å². The lowest BCUT2D eigenvalue weighted by Gasteiger charge is -2.40. The van der Waals surface area contributed by atoms with E-state index in [9.17, 15) is 4.79 Å². The lowest BCUT2D eigenvalue weighted by Crippen LogP contribution is -2.49. The topological polar surface area (TPSA) is 29.5 Å². The van der Waals surface area contributed by atoms with E-state index >= 15 is 0 Å². The van der Waals surface area contributed by atoms with E-state index < -0.39 is 0 Å². The van der Waals surface area contributed by atoms with Crippen LogP contribution in [0.2, 0.25) is 0 Å².